The van der Waals surface area contributed by atoms with E-state index in [4.69, 9.17) is 4.74 Å². The average Bonchev–Trinajstić information content (AvgIpc) is 2.51. The number of nitrogens with one attached hydrogen (secondary N) is 1. The first kappa shape index (κ1) is 11.5. The van der Waals surface area contributed by atoms with Gasteiger partial charge in [-0.25, -0.2) is 0 Å². The van der Waals surface area contributed by atoms with E-state index < -0.39 is 6.10 Å². The Morgan fingerprint density at radius 2 is 2.36 bits per heavy atom. The summed E-state index contributed by atoms with van der Waals surface area (Å²) in [6, 6.07) is -0.308. The molecule has 1 rings (SSSR count). The molecule has 0 aromatic carbocycles. The molecular formula is C10H19NO3. The van der Waals surface area contributed by atoms with E-state index in [1.165, 1.54) is 0 Å². The maximum absolute atomic E-state index is 11.4. The number of carbonyl (C=O) groups excluding carboxylic acids is 1. The molecule has 2 N–H and O–H groups in total. The highest BCUT2D eigenvalue weighted by Gasteiger charge is 2.28. The van der Waals surface area contributed by atoms with Crippen LogP contribution in [0.5, 0.6) is 0 Å². The first-order valence-electron chi connectivity index (χ1n) is 5.17. The summed E-state index contributed by atoms with van der Waals surface area (Å²) in [7, 11) is 0. The molecule has 1 aliphatic heterocycles. The van der Waals surface area contributed by atoms with Crippen LogP contribution in [0.15, 0.2) is 0 Å². The van der Waals surface area contributed by atoms with Crippen molar-refractivity contribution in [3.8, 4) is 0 Å². The number of rotatable bonds is 4. The summed E-state index contributed by atoms with van der Waals surface area (Å²) < 4.78 is 5.07. The van der Waals surface area contributed by atoms with Gasteiger partial charge in [-0.2, -0.15) is 0 Å². The molecule has 0 aromatic heterocycles. The summed E-state index contributed by atoms with van der Waals surface area (Å²) in [5.41, 5.74) is 0. The summed E-state index contributed by atoms with van der Waals surface area (Å²) in [6.45, 7) is 5.14. The van der Waals surface area contributed by atoms with Gasteiger partial charge in [0.25, 0.3) is 0 Å². The number of β-amino-alcohol motifs (C(OH)–C–C–N with tert-alkyl or cyclic N) is 1. The standard InChI is InChI=1S/C10H19NO3/c1-7(2)3-4-14-10(13)9-5-8(12)6-11-9/h7-9,11-12H,3-6H2,1-2H3/t8-,9-/m1/s1. The molecule has 4 heteroatoms. The largest absolute Gasteiger partial charge is 0.465 e. The van der Waals surface area contributed by atoms with Crippen LogP contribution in [0.25, 0.3) is 0 Å². The fourth-order valence-electron chi connectivity index (χ4n) is 1.39. The van der Waals surface area contributed by atoms with Gasteiger partial charge in [0.05, 0.1) is 12.7 Å². The van der Waals surface area contributed by atoms with Crippen molar-refractivity contribution in [2.75, 3.05) is 13.2 Å². The normalized spacial score (nSPS) is 26.9. The van der Waals surface area contributed by atoms with Gasteiger partial charge in [-0.05, 0) is 12.3 Å². The van der Waals surface area contributed by atoms with E-state index in [0.29, 0.717) is 25.5 Å². The molecule has 1 fully saturated rings. The molecule has 0 bridgehead atoms. The van der Waals surface area contributed by atoms with Crippen LogP contribution in [0, 0.1) is 5.92 Å². The Bertz CT molecular complexity index is 194. The zero-order valence-corrected chi connectivity index (χ0v) is 8.82. The lowest BCUT2D eigenvalue weighted by Gasteiger charge is -2.10. The zero-order valence-electron chi connectivity index (χ0n) is 8.82. The first-order valence-corrected chi connectivity index (χ1v) is 5.17. The Balaban J connectivity index is 2.15. The molecule has 82 valence electrons. The lowest BCUT2D eigenvalue weighted by molar-refractivity contribution is -0.146. The van der Waals surface area contributed by atoms with Gasteiger partial charge in [-0.3, -0.25) is 4.79 Å². The fraction of sp³-hybridized carbons (Fsp3) is 0.900. The average molecular weight is 201 g/mol. The lowest BCUT2D eigenvalue weighted by atomic mass is 10.1. The summed E-state index contributed by atoms with van der Waals surface area (Å²) >= 11 is 0. The highest BCUT2D eigenvalue weighted by molar-refractivity contribution is 5.76. The number of hydrogen-bond acceptors (Lipinski definition) is 4. The SMILES string of the molecule is CC(C)CCOC(=O)[C@H]1C[C@@H](O)CN1. The van der Waals surface area contributed by atoms with Crippen molar-refractivity contribution in [1.29, 1.82) is 0 Å². The molecule has 4 nitrogen and oxygen atoms in total. The van der Waals surface area contributed by atoms with Crippen LogP contribution >= 0.6 is 0 Å². The second-order valence-electron chi connectivity index (χ2n) is 4.20. The maximum atomic E-state index is 11.4. The summed E-state index contributed by atoms with van der Waals surface area (Å²) in [5.74, 6) is 0.312. The minimum atomic E-state index is -0.405. The molecule has 0 saturated carbocycles. The van der Waals surface area contributed by atoms with E-state index in [1.807, 2.05) is 0 Å². The van der Waals surface area contributed by atoms with E-state index in [-0.39, 0.29) is 12.0 Å². The summed E-state index contributed by atoms with van der Waals surface area (Å²) in [6.07, 6.45) is 0.958. The van der Waals surface area contributed by atoms with E-state index in [9.17, 15) is 9.90 Å². The number of carbonyl (C=O) groups is 1. The van der Waals surface area contributed by atoms with Crippen LogP contribution in [0.4, 0.5) is 0 Å². The van der Waals surface area contributed by atoms with E-state index in [2.05, 4.69) is 19.2 Å². The van der Waals surface area contributed by atoms with Crippen molar-refractivity contribution in [3.63, 3.8) is 0 Å². The second-order valence-corrected chi connectivity index (χ2v) is 4.20. The van der Waals surface area contributed by atoms with Gasteiger partial charge in [0.1, 0.15) is 6.04 Å². The molecule has 14 heavy (non-hydrogen) atoms. The van der Waals surface area contributed by atoms with Crippen LogP contribution in [0.2, 0.25) is 0 Å². The number of aliphatic hydroxyl groups excluding tert-OH is 1. The van der Waals surface area contributed by atoms with Gasteiger partial charge >= 0.3 is 5.97 Å². The van der Waals surface area contributed by atoms with E-state index in [0.717, 1.165) is 6.42 Å². The van der Waals surface area contributed by atoms with Crippen molar-refractivity contribution < 1.29 is 14.6 Å². The number of ether oxygens (including phenoxy) is 1. The topological polar surface area (TPSA) is 58.6 Å². The van der Waals surface area contributed by atoms with Crippen LogP contribution in [-0.2, 0) is 9.53 Å². The Kier molecular flexibility index (Phi) is 4.35. The molecule has 0 radical (unpaired) electrons. The molecule has 0 aromatic rings. The molecule has 0 aliphatic carbocycles. The predicted molar refractivity (Wildman–Crippen MR) is 52.8 cm³/mol. The molecule has 0 spiro atoms. The highest BCUT2D eigenvalue weighted by Crippen LogP contribution is 2.08. The number of esters is 1. The fourth-order valence-corrected chi connectivity index (χ4v) is 1.39. The second kappa shape index (κ2) is 5.32. The maximum Gasteiger partial charge on any atom is 0.323 e. The molecule has 0 amide bonds. The smallest absolute Gasteiger partial charge is 0.323 e. The first-order chi connectivity index (χ1) is 6.59. The quantitative estimate of drug-likeness (QED) is 0.642. The number of hydrogen-bond donors (Lipinski definition) is 2. The minimum absolute atomic E-state index is 0.234. The van der Waals surface area contributed by atoms with Gasteiger partial charge in [-0.15, -0.1) is 0 Å². The van der Waals surface area contributed by atoms with Gasteiger partial charge < -0.3 is 15.2 Å². The Hall–Kier alpha value is -0.610. The third-order valence-electron chi connectivity index (χ3n) is 2.33. The summed E-state index contributed by atoms with van der Waals surface area (Å²) in [5, 5.41) is 12.1. The van der Waals surface area contributed by atoms with Crippen molar-refractivity contribution >= 4 is 5.97 Å². The van der Waals surface area contributed by atoms with Crippen LogP contribution < -0.4 is 5.32 Å². The zero-order chi connectivity index (χ0) is 10.6. The monoisotopic (exact) mass is 201 g/mol. The van der Waals surface area contributed by atoms with Crippen molar-refractivity contribution in [2.45, 2.75) is 38.8 Å². The van der Waals surface area contributed by atoms with Crippen molar-refractivity contribution in [3.05, 3.63) is 0 Å². The molecular weight excluding hydrogens is 182 g/mol. The van der Waals surface area contributed by atoms with Crippen LogP contribution in [0.1, 0.15) is 26.7 Å². The van der Waals surface area contributed by atoms with Crippen molar-refractivity contribution in [2.24, 2.45) is 5.92 Å². The Labute approximate surface area is 84.6 Å². The van der Waals surface area contributed by atoms with E-state index >= 15 is 0 Å². The van der Waals surface area contributed by atoms with Gasteiger partial charge in [0, 0.05) is 13.0 Å². The van der Waals surface area contributed by atoms with Gasteiger partial charge in [0.2, 0.25) is 0 Å². The Morgan fingerprint density at radius 1 is 1.64 bits per heavy atom. The van der Waals surface area contributed by atoms with Gasteiger partial charge in [0.15, 0.2) is 0 Å². The van der Waals surface area contributed by atoms with Crippen molar-refractivity contribution in [1.82, 2.24) is 5.32 Å². The number of aliphatic hydroxyl groups is 1. The van der Waals surface area contributed by atoms with E-state index in [1.54, 1.807) is 0 Å². The molecule has 2 atom stereocenters. The molecule has 1 saturated heterocycles. The predicted octanol–water partition coefficient (Wildman–Crippen LogP) is 0.299. The van der Waals surface area contributed by atoms with Crippen LogP contribution in [-0.4, -0.2) is 36.4 Å². The third-order valence-corrected chi connectivity index (χ3v) is 2.33. The molecule has 1 heterocycles. The summed E-state index contributed by atoms with van der Waals surface area (Å²) in [4.78, 5) is 11.4. The lowest BCUT2D eigenvalue weighted by Crippen LogP contribution is -2.32. The highest BCUT2D eigenvalue weighted by atomic mass is 16.5. The molecule has 0 unspecified atom stereocenters. The molecule has 1 aliphatic rings. The van der Waals surface area contributed by atoms with Crippen LogP contribution in [0.3, 0.4) is 0 Å². The third kappa shape index (κ3) is 3.64. The Morgan fingerprint density at radius 3 is 2.86 bits per heavy atom. The minimum Gasteiger partial charge on any atom is -0.465 e. The van der Waals surface area contributed by atoms with Gasteiger partial charge in [-0.1, -0.05) is 13.8 Å².